The molecule has 2 N–H and O–H groups in total. The van der Waals surface area contributed by atoms with Gasteiger partial charge in [-0.15, -0.1) is 13.2 Å². The molecule has 0 spiro atoms. The average molecular weight is 370 g/mol. The van der Waals surface area contributed by atoms with Crippen LogP contribution < -0.4 is 10.1 Å². The lowest BCUT2D eigenvalue weighted by Gasteiger charge is -2.35. The van der Waals surface area contributed by atoms with E-state index in [2.05, 4.69) is 10.1 Å². The molecule has 1 aliphatic rings. The highest BCUT2D eigenvalue weighted by Crippen LogP contribution is 2.33. The quantitative estimate of drug-likeness (QED) is 0.810. The number of benzene rings is 2. The molecule has 8 heteroatoms. The first-order valence-electron chi connectivity index (χ1n) is 8.12. The van der Waals surface area contributed by atoms with Gasteiger partial charge in [0.25, 0.3) is 0 Å². The van der Waals surface area contributed by atoms with Crippen LogP contribution in [0.25, 0.3) is 0 Å². The third-order valence-electron chi connectivity index (χ3n) is 4.22. The van der Waals surface area contributed by atoms with Crippen molar-refractivity contribution >= 4 is 0 Å². The normalized spacial score (nSPS) is 17.1. The smallest absolute Gasteiger partial charge is 0.508 e. The molecular formula is C18H18F4N2O2. The van der Waals surface area contributed by atoms with Crippen molar-refractivity contribution in [3.05, 3.63) is 59.4 Å². The number of phenols is 1. The largest absolute Gasteiger partial charge is 0.573 e. The number of phenolic OH excluding ortho intramolecular Hbond substituents is 1. The van der Waals surface area contributed by atoms with Gasteiger partial charge in [0.2, 0.25) is 0 Å². The Bertz CT molecular complexity index is 744. The molecule has 1 saturated heterocycles. The number of hydrogen-bond donors (Lipinski definition) is 2. The molecule has 1 heterocycles. The van der Waals surface area contributed by atoms with Gasteiger partial charge in [0.05, 0.1) is 6.04 Å². The Balaban J connectivity index is 1.95. The van der Waals surface area contributed by atoms with Crippen LogP contribution in [-0.4, -0.2) is 42.5 Å². The fraction of sp³-hybridized carbons (Fsp3) is 0.333. The van der Waals surface area contributed by atoms with Crippen molar-refractivity contribution in [2.45, 2.75) is 12.4 Å². The van der Waals surface area contributed by atoms with Crippen molar-refractivity contribution in [3.8, 4) is 11.5 Å². The van der Waals surface area contributed by atoms with Gasteiger partial charge in [0.1, 0.15) is 17.3 Å². The molecule has 3 rings (SSSR count). The fourth-order valence-electron chi connectivity index (χ4n) is 3.12. The topological polar surface area (TPSA) is 44.7 Å². The number of hydrogen-bond acceptors (Lipinski definition) is 4. The summed E-state index contributed by atoms with van der Waals surface area (Å²) in [6.07, 6.45) is -4.76. The van der Waals surface area contributed by atoms with Crippen molar-refractivity contribution in [2.24, 2.45) is 0 Å². The third kappa shape index (κ3) is 4.44. The number of ether oxygens (including phenoxy) is 1. The number of alkyl halides is 3. The Morgan fingerprint density at radius 3 is 2.27 bits per heavy atom. The molecule has 0 unspecified atom stereocenters. The van der Waals surface area contributed by atoms with E-state index >= 15 is 0 Å². The minimum atomic E-state index is -4.76. The zero-order valence-corrected chi connectivity index (χ0v) is 13.8. The van der Waals surface area contributed by atoms with Crippen molar-refractivity contribution in [2.75, 3.05) is 26.2 Å². The van der Waals surface area contributed by atoms with Gasteiger partial charge in [-0.05, 0) is 23.8 Å². The molecule has 2 aromatic rings. The van der Waals surface area contributed by atoms with Crippen molar-refractivity contribution in [3.63, 3.8) is 0 Å². The van der Waals surface area contributed by atoms with Crippen LogP contribution in [-0.2, 0) is 0 Å². The van der Waals surface area contributed by atoms with Crippen molar-refractivity contribution < 1.29 is 27.4 Å². The standard InChI is InChI=1S/C18H18F4N2O2/c19-16-11-13(25)3-6-15(16)17(24-9-7-23-8-10-24)12-1-4-14(5-2-12)26-18(20,21)22/h1-6,11,17,23,25H,7-10H2/t17-/m0/s1. The summed E-state index contributed by atoms with van der Waals surface area (Å²) in [5.74, 6) is -1.07. The maximum atomic E-state index is 14.5. The van der Waals surface area contributed by atoms with Crippen LogP contribution >= 0.6 is 0 Å². The molecular weight excluding hydrogens is 352 g/mol. The van der Waals surface area contributed by atoms with E-state index < -0.39 is 18.2 Å². The van der Waals surface area contributed by atoms with E-state index in [-0.39, 0.29) is 11.5 Å². The average Bonchev–Trinajstić information content (AvgIpc) is 2.58. The number of nitrogens with zero attached hydrogens (tertiary/aromatic N) is 1. The second-order valence-electron chi connectivity index (χ2n) is 6.01. The predicted molar refractivity (Wildman–Crippen MR) is 87.5 cm³/mol. The maximum absolute atomic E-state index is 14.5. The molecule has 0 radical (unpaired) electrons. The zero-order chi connectivity index (χ0) is 18.7. The lowest BCUT2D eigenvalue weighted by molar-refractivity contribution is -0.274. The van der Waals surface area contributed by atoms with Crippen molar-refractivity contribution in [1.29, 1.82) is 0 Å². The van der Waals surface area contributed by atoms with Crippen LogP contribution in [0.5, 0.6) is 11.5 Å². The van der Waals surface area contributed by atoms with E-state index in [0.29, 0.717) is 24.2 Å². The van der Waals surface area contributed by atoms with E-state index in [1.165, 1.54) is 36.4 Å². The number of rotatable bonds is 4. The lowest BCUT2D eigenvalue weighted by atomic mass is 9.95. The van der Waals surface area contributed by atoms with Gasteiger partial charge < -0.3 is 15.2 Å². The summed E-state index contributed by atoms with van der Waals surface area (Å²) >= 11 is 0. The molecule has 0 amide bonds. The Morgan fingerprint density at radius 2 is 1.69 bits per heavy atom. The van der Waals surface area contributed by atoms with E-state index in [1.54, 1.807) is 0 Å². The predicted octanol–water partition coefficient (Wildman–Crippen LogP) is 3.42. The van der Waals surface area contributed by atoms with Crippen LogP contribution in [0, 0.1) is 5.82 Å². The van der Waals surface area contributed by atoms with E-state index in [4.69, 9.17) is 0 Å². The third-order valence-corrected chi connectivity index (χ3v) is 4.22. The molecule has 0 aromatic heterocycles. The van der Waals surface area contributed by atoms with Gasteiger partial charge in [0, 0.05) is 37.8 Å². The van der Waals surface area contributed by atoms with Crippen LogP contribution in [0.4, 0.5) is 17.6 Å². The highest BCUT2D eigenvalue weighted by atomic mass is 19.4. The van der Waals surface area contributed by atoms with Gasteiger partial charge in [-0.3, -0.25) is 4.90 Å². The first-order valence-corrected chi connectivity index (χ1v) is 8.12. The molecule has 0 bridgehead atoms. The summed E-state index contributed by atoms with van der Waals surface area (Å²) in [5.41, 5.74) is 1.00. The molecule has 1 aliphatic heterocycles. The summed E-state index contributed by atoms with van der Waals surface area (Å²) in [7, 11) is 0. The summed E-state index contributed by atoms with van der Waals surface area (Å²) in [4.78, 5) is 2.05. The SMILES string of the molecule is Oc1ccc([C@H](c2ccc(OC(F)(F)F)cc2)N2CCNCC2)c(F)c1. The second kappa shape index (κ2) is 7.51. The minimum absolute atomic E-state index is 0.181. The van der Waals surface area contributed by atoms with Gasteiger partial charge in [-0.1, -0.05) is 18.2 Å². The Hall–Kier alpha value is -2.32. The van der Waals surface area contributed by atoms with Gasteiger partial charge in [-0.2, -0.15) is 0 Å². The molecule has 0 saturated carbocycles. The summed E-state index contributed by atoms with van der Waals surface area (Å²) in [6.45, 7) is 2.77. The maximum Gasteiger partial charge on any atom is 0.573 e. The molecule has 2 aromatic carbocycles. The van der Waals surface area contributed by atoms with Crippen LogP contribution in [0.1, 0.15) is 17.2 Å². The number of piperazine rings is 1. The summed E-state index contributed by atoms with van der Waals surface area (Å²) in [6, 6.07) is 8.89. The van der Waals surface area contributed by atoms with Crippen LogP contribution in [0.2, 0.25) is 0 Å². The highest BCUT2D eigenvalue weighted by molar-refractivity contribution is 5.38. The summed E-state index contributed by atoms with van der Waals surface area (Å²) in [5, 5.41) is 12.7. The first kappa shape index (κ1) is 18.5. The van der Waals surface area contributed by atoms with Gasteiger partial charge in [0.15, 0.2) is 0 Å². The Labute approximate surface area is 148 Å². The number of nitrogens with one attached hydrogen (secondary N) is 1. The van der Waals surface area contributed by atoms with Crippen LogP contribution in [0.3, 0.4) is 0 Å². The van der Waals surface area contributed by atoms with E-state index in [9.17, 15) is 22.7 Å². The Kier molecular flexibility index (Phi) is 5.33. The Morgan fingerprint density at radius 1 is 1.04 bits per heavy atom. The number of halogens is 4. The molecule has 4 nitrogen and oxygen atoms in total. The fourth-order valence-corrected chi connectivity index (χ4v) is 3.12. The summed E-state index contributed by atoms with van der Waals surface area (Å²) < 4.78 is 55.4. The molecule has 0 aliphatic carbocycles. The minimum Gasteiger partial charge on any atom is -0.508 e. The first-order chi connectivity index (χ1) is 12.3. The molecule has 140 valence electrons. The molecule has 26 heavy (non-hydrogen) atoms. The van der Waals surface area contributed by atoms with Crippen LogP contribution in [0.15, 0.2) is 42.5 Å². The lowest BCUT2D eigenvalue weighted by Crippen LogP contribution is -2.45. The number of aromatic hydroxyl groups is 1. The molecule has 1 fully saturated rings. The second-order valence-corrected chi connectivity index (χ2v) is 6.01. The van der Waals surface area contributed by atoms with E-state index in [1.807, 2.05) is 4.90 Å². The highest BCUT2D eigenvalue weighted by Gasteiger charge is 2.31. The zero-order valence-electron chi connectivity index (χ0n) is 13.8. The monoisotopic (exact) mass is 370 g/mol. The van der Waals surface area contributed by atoms with Gasteiger partial charge >= 0.3 is 6.36 Å². The van der Waals surface area contributed by atoms with Crippen molar-refractivity contribution in [1.82, 2.24) is 10.2 Å². The molecule has 1 atom stereocenters. The van der Waals surface area contributed by atoms with E-state index in [0.717, 1.165) is 19.2 Å². The van der Waals surface area contributed by atoms with Gasteiger partial charge in [-0.25, -0.2) is 4.39 Å².